The van der Waals surface area contributed by atoms with Crippen molar-refractivity contribution in [2.45, 2.75) is 12.0 Å². The van der Waals surface area contributed by atoms with Gasteiger partial charge in [-0.3, -0.25) is 4.79 Å². The third-order valence-corrected chi connectivity index (χ3v) is 2.96. The van der Waals surface area contributed by atoms with Gasteiger partial charge in [0.05, 0.1) is 17.9 Å². The highest BCUT2D eigenvalue weighted by Crippen LogP contribution is 2.18. The second kappa shape index (κ2) is 4.91. The summed E-state index contributed by atoms with van der Waals surface area (Å²) in [6.07, 6.45) is 0.464. The third-order valence-electron chi connectivity index (χ3n) is 2.96. The molecule has 1 aliphatic rings. The fourth-order valence-corrected chi connectivity index (χ4v) is 1.81. The lowest BCUT2D eigenvalue weighted by atomic mass is 10.0. The van der Waals surface area contributed by atoms with Crippen LogP contribution < -0.4 is 11.1 Å². The number of nitrogens with two attached hydrogens (primary N) is 1. The lowest BCUT2D eigenvalue weighted by Gasteiger charge is -2.20. The SMILES string of the molecule is Nc1c(F)cccc1C(=O)NCC1(O)CCOC1. The van der Waals surface area contributed by atoms with Crippen LogP contribution in [-0.2, 0) is 4.74 Å². The zero-order valence-electron chi connectivity index (χ0n) is 9.78. The predicted octanol–water partition coefficient (Wildman–Crippen LogP) is 0.289. The largest absolute Gasteiger partial charge is 0.396 e. The van der Waals surface area contributed by atoms with Gasteiger partial charge in [0.15, 0.2) is 0 Å². The maximum absolute atomic E-state index is 13.2. The summed E-state index contributed by atoms with van der Waals surface area (Å²) in [5, 5.41) is 12.5. The van der Waals surface area contributed by atoms with Crippen LogP contribution in [0.1, 0.15) is 16.8 Å². The summed E-state index contributed by atoms with van der Waals surface area (Å²) >= 11 is 0. The van der Waals surface area contributed by atoms with E-state index >= 15 is 0 Å². The minimum Gasteiger partial charge on any atom is -0.396 e. The first kappa shape index (κ1) is 12.8. The van der Waals surface area contributed by atoms with Gasteiger partial charge in [-0.1, -0.05) is 6.07 Å². The molecule has 1 aliphatic heterocycles. The molecule has 1 saturated heterocycles. The first-order valence-electron chi connectivity index (χ1n) is 5.64. The number of amides is 1. The van der Waals surface area contributed by atoms with Crippen molar-refractivity contribution in [2.24, 2.45) is 0 Å². The Morgan fingerprint density at radius 2 is 2.39 bits per heavy atom. The van der Waals surface area contributed by atoms with Crippen LogP contribution in [0.3, 0.4) is 0 Å². The number of para-hydroxylation sites is 1. The molecule has 6 heteroatoms. The van der Waals surface area contributed by atoms with E-state index in [0.717, 1.165) is 0 Å². The molecule has 1 unspecified atom stereocenters. The Morgan fingerprint density at radius 1 is 1.61 bits per heavy atom. The van der Waals surface area contributed by atoms with E-state index in [1.54, 1.807) is 0 Å². The number of hydrogen-bond donors (Lipinski definition) is 3. The third kappa shape index (κ3) is 2.60. The highest BCUT2D eigenvalue weighted by molar-refractivity contribution is 5.99. The summed E-state index contributed by atoms with van der Waals surface area (Å²) in [4.78, 5) is 11.8. The topological polar surface area (TPSA) is 84.6 Å². The Kier molecular flexibility index (Phi) is 3.49. The van der Waals surface area contributed by atoms with E-state index in [1.165, 1.54) is 18.2 Å². The van der Waals surface area contributed by atoms with E-state index in [9.17, 15) is 14.3 Å². The molecule has 0 aliphatic carbocycles. The highest BCUT2D eigenvalue weighted by Gasteiger charge is 2.32. The van der Waals surface area contributed by atoms with E-state index in [0.29, 0.717) is 13.0 Å². The molecule has 2 rings (SSSR count). The quantitative estimate of drug-likeness (QED) is 0.677. The number of carbonyl (C=O) groups excluding carboxylic acids is 1. The van der Waals surface area contributed by atoms with E-state index in [4.69, 9.17) is 10.5 Å². The summed E-state index contributed by atoms with van der Waals surface area (Å²) in [6, 6.07) is 4.03. The van der Waals surface area contributed by atoms with Crippen molar-refractivity contribution in [1.29, 1.82) is 0 Å². The van der Waals surface area contributed by atoms with Crippen LogP contribution in [0, 0.1) is 5.82 Å². The number of carbonyl (C=O) groups is 1. The monoisotopic (exact) mass is 254 g/mol. The molecule has 1 aromatic carbocycles. The summed E-state index contributed by atoms with van der Waals surface area (Å²) in [6.45, 7) is 0.710. The Labute approximate surface area is 104 Å². The molecule has 0 spiro atoms. The molecule has 18 heavy (non-hydrogen) atoms. The van der Waals surface area contributed by atoms with Gasteiger partial charge in [-0.15, -0.1) is 0 Å². The molecule has 1 fully saturated rings. The molecule has 0 saturated carbocycles. The molecular formula is C12H15FN2O3. The molecule has 98 valence electrons. The molecule has 0 bridgehead atoms. The van der Waals surface area contributed by atoms with Gasteiger partial charge in [-0.05, 0) is 12.1 Å². The number of ether oxygens (including phenoxy) is 1. The van der Waals surface area contributed by atoms with Crippen LogP contribution in [-0.4, -0.2) is 36.4 Å². The van der Waals surface area contributed by atoms with Gasteiger partial charge >= 0.3 is 0 Å². The van der Waals surface area contributed by atoms with Gasteiger partial charge in [0, 0.05) is 19.6 Å². The number of aliphatic hydroxyl groups is 1. The molecule has 0 radical (unpaired) electrons. The fraction of sp³-hybridized carbons (Fsp3) is 0.417. The number of nitrogen functional groups attached to an aromatic ring is 1. The minimum absolute atomic E-state index is 0.0573. The van der Waals surface area contributed by atoms with Crippen molar-refractivity contribution in [3.05, 3.63) is 29.6 Å². The van der Waals surface area contributed by atoms with Crippen LogP contribution in [0.4, 0.5) is 10.1 Å². The first-order valence-corrected chi connectivity index (χ1v) is 5.64. The summed E-state index contributed by atoms with van der Waals surface area (Å²) in [5.74, 6) is -1.14. The molecule has 4 N–H and O–H groups in total. The van der Waals surface area contributed by atoms with Gasteiger partial charge in [0.1, 0.15) is 11.4 Å². The molecule has 0 aromatic heterocycles. The first-order chi connectivity index (χ1) is 8.52. The number of nitrogens with one attached hydrogen (secondary N) is 1. The predicted molar refractivity (Wildman–Crippen MR) is 63.5 cm³/mol. The van der Waals surface area contributed by atoms with Crippen molar-refractivity contribution in [1.82, 2.24) is 5.32 Å². The number of anilines is 1. The number of halogens is 1. The second-order valence-electron chi connectivity index (χ2n) is 4.41. The molecule has 1 amide bonds. The van der Waals surface area contributed by atoms with Crippen LogP contribution >= 0.6 is 0 Å². The maximum Gasteiger partial charge on any atom is 0.253 e. The summed E-state index contributed by atoms with van der Waals surface area (Å²) in [5.41, 5.74) is 4.31. The highest BCUT2D eigenvalue weighted by atomic mass is 19.1. The standard InChI is InChI=1S/C12H15FN2O3/c13-9-3-1-2-8(10(9)14)11(16)15-6-12(17)4-5-18-7-12/h1-3,17H,4-7,14H2,(H,15,16). The van der Waals surface area contributed by atoms with Crippen molar-refractivity contribution in [3.8, 4) is 0 Å². The maximum atomic E-state index is 13.2. The van der Waals surface area contributed by atoms with Gasteiger partial charge in [0.2, 0.25) is 0 Å². The zero-order valence-corrected chi connectivity index (χ0v) is 9.78. The van der Waals surface area contributed by atoms with Crippen LogP contribution in [0.5, 0.6) is 0 Å². The molecule has 5 nitrogen and oxygen atoms in total. The molecule has 1 atom stereocenters. The lowest BCUT2D eigenvalue weighted by molar-refractivity contribution is 0.0265. The second-order valence-corrected chi connectivity index (χ2v) is 4.41. The van der Waals surface area contributed by atoms with E-state index < -0.39 is 17.3 Å². The normalized spacial score (nSPS) is 23.0. The Balaban J connectivity index is 2.01. The minimum atomic E-state index is -1.04. The number of rotatable bonds is 3. The average Bonchev–Trinajstić information content (AvgIpc) is 2.77. The smallest absolute Gasteiger partial charge is 0.253 e. The summed E-state index contributed by atoms with van der Waals surface area (Å²) in [7, 11) is 0. The number of benzene rings is 1. The van der Waals surface area contributed by atoms with Crippen molar-refractivity contribution >= 4 is 11.6 Å². The Morgan fingerprint density at radius 3 is 3.06 bits per heavy atom. The van der Waals surface area contributed by atoms with Crippen LogP contribution in [0.15, 0.2) is 18.2 Å². The van der Waals surface area contributed by atoms with Gasteiger partial charge in [-0.25, -0.2) is 4.39 Å². The van der Waals surface area contributed by atoms with Crippen molar-refractivity contribution in [2.75, 3.05) is 25.5 Å². The zero-order chi connectivity index (χ0) is 13.2. The lowest BCUT2D eigenvalue weighted by Crippen LogP contribution is -2.43. The van der Waals surface area contributed by atoms with Crippen molar-refractivity contribution in [3.63, 3.8) is 0 Å². The Hall–Kier alpha value is -1.66. The van der Waals surface area contributed by atoms with Gasteiger partial charge < -0.3 is 20.9 Å². The molecule has 1 heterocycles. The summed E-state index contributed by atoms with van der Waals surface area (Å²) < 4.78 is 18.2. The van der Waals surface area contributed by atoms with Crippen molar-refractivity contribution < 1.29 is 19.0 Å². The fourth-order valence-electron chi connectivity index (χ4n) is 1.81. The average molecular weight is 254 g/mol. The molecular weight excluding hydrogens is 239 g/mol. The van der Waals surface area contributed by atoms with E-state index in [1.807, 2.05) is 0 Å². The van der Waals surface area contributed by atoms with Gasteiger partial charge in [0.25, 0.3) is 5.91 Å². The number of hydrogen-bond acceptors (Lipinski definition) is 4. The van der Waals surface area contributed by atoms with Crippen LogP contribution in [0.2, 0.25) is 0 Å². The van der Waals surface area contributed by atoms with E-state index in [-0.39, 0.29) is 24.4 Å². The van der Waals surface area contributed by atoms with E-state index in [2.05, 4.69) is 5.32 Å². The Bertz CT molecular complexity index is 459. The van der Waals surface area contributed by atoms with Crippen LogP contribution in [0.25, 0.3) is 0 Å². The molecule has 1 aromatic rings. The van der Waals surface area contributed by atoms with Gasteiger partial charge in [-0.2, -0.15) is 0 Å².